The third kappa shape index (κ3) is 2.90. The molecule has 1 aliphatic heterocycles. The molecular formula is C11H14N4O4. The Hall–Kier alpha value is -2.38. The number of carbonyl (C=O) groups excluding carboxylic acids is 2. The van der Waals surface area contributed by atoms with Gasteiger partial charge >= 0.3 is 12.1 Å². The standard InChI is InChI=1S/C11H14N4O4/c1-3-4-18-10(16)9-7(2)15(14-13-9)6-8-5-12-11(17)19-8/h3,8H,1,4-6H2,2H3,(H,12,17). The SMILES string of the molecule is C=CCOC(=O)c1nnn(CC2CNC(=O)O2)c1C. The third-order valence-electron chi connectivity index (χ3n) is 2.63. The average Bonchev–Trinajstić information content (AvgIpc) is 2.95. The van der Waals surface area contributed by atoms with Crippen LogP contribution in [0.4, 0.5) is 4.79 Å². The van der Waals surface area contributed by atoms with Gasteiger partial charge in [-0.2, -0.15) is 0 Å². The lowest BCUT2D eigenvalue weighted by Crippen LogP contribution is -2.22. The molecule has 0 bridgehead atoms. The molecule has 1 atom stereocenters. The van der Waals surface area contributed by atoms with Crippen LogP contribution in [0.15, 0.2) is 12.7 Å². The van der Waals surface area contributed by atoms with Crippen LogP contribution in [0.3, 0.4) is 0 Å². The minimum atomic E-state index is -0.551. The Balaban J connectivity index is 2.03. The van der Waals surface area contributed by atoms with Gasteiger partial charge in [0.15, 0.2) is 5.69 Å². The van der Waals surface area contributed by atoms with E-state index in [1.165, 1.54) is 10.8 Å². The predicted octanol–water partition coefficient (Wildman–Crippen LogP) is 0.0377. The smallest absolute Gasteiger partial charge is 0.407 e. The lowest BCUT2D eigenvalue weighted by atomic mass is 10.3. The molecule has 1 fully saturated rings. The van der Waals surface area contributed by atoms with Crippen molar-refractivity contribution in [3.8, 4) is 0 Å². The van der Waals surface area contributed by atoms with E-state index in [1.54, 1.807) is 6.92 Å². The third-order valence-corrected chi connectivity index (χ3v) is 2.63. The maximum absolute atomic E-state index is 11.6. The van der Waals surface area contributed by atoms with Crippen LogP contribution in [0.5, 0.6) is 0 Å². The molecule has 0 aromatic carbocycles. The fourth-order valence-electron chi connectivity index (χ4n) is 1.65. The summed E-state index contributed by atoms with van der Waals surface area (Å²) in [6.07, 6.45) is 0.708. The van der Waals surface area contributed by atoms with Crippen LogP contribution in [-0.4, -0.2) is 46.3 Å². The van der Waals surface area contributed by atoms with E-state index in [9.17, 15) is 9.59 Å². The molecule has 102 valence electrons. The van der Waals surface area contributed by atoms with E-state index in [0.29, 0.717) is 18.8 Å². The summed E-state index contributed by atoms with van der Waals surface area (Å²) in [6, 6.07) is 0. The van der Waals surface area contributed by atoms with Crippen LogP contribution in [0.2, 0.25) is 0 Å². The second kappa shape index (κ2) is 5.51. The molecule has 1 unspecified atom stereocenters. The fraction of sp³-hybridized carbons (Fsp3) is 0.455. The van der Waals surface area contributed by atoms with Crippen molar-refractivity contribution in [2.75, 3.05) is 13.2 Å². The summed E-state index contributed by atoms with van der Waals surface area (Å²) in [5.74, 6) is -0.551. The van der Waals surface area contributed by atoms with Crippen LogP contribution < -0.4 is 5.32 Å². The first-order valence-electron chi connectivity index (χ1n) is 5.74. The molecule has 1 N–H and O–H groups in total. The van der Waals surface area contributed by atoms with Gasteiger partial charge in [0.05, 0.1) is 18.8 Å². The van der Waals surface area contributed by atoms with Crippen LogP contribution in [0, 0.1) is 6.92 Å². The number of aromatic nitrogens is 3. The Morgan fingerprint density at radius 1 is 1.74 bits per heavy atom. The quantitative estimate of drug-likeness (QED) is 0.597. The number of nitrogens with zero attached hydrogens (tertiary/aromatic N) is 3. The van der Waals surface area contributed by atoms with E-state index in [0.717, 1.165) is 0 Å². The highest BCUT2D eigenvalue weighted by atomic mass is 16.6. The molecule has 0 spiro atoms. The van der Waals surface area contributed by atoms with E-state index in [2.05, 4.69) is 22.2 Å². The monoisotopic (exact) mass is 266 g/mol. The predicted molar refractivity (Wildman–Crippen MR) is 63.5 cm³/mol. The largest absolute Gasteiger partial charge is 0.457 e. The van der Waals surface area contributed by atoms with Crippen molar-refractivity contribution in [3.05, 3.63) is 24.0 Å². The number of cyclic esters (lactones) is 1. The molecule has 0 radical (unpaired) electrons. The molecule has 1 saturated heterocycles. The highest BCUT2D eigenvalue weighted by Crippen LogP contribution is 2.09. The summed E-state index contributed by atoms with van der Waals surface area (Å²) < 4.78 is 11.4. The first-order chi connectivity index (χ1) is 9.11. The molecular weight excluding hydrogens is 252 g/mol. The molecule has 19 heavy (non-hydrogen) atoms. The number of hydrogen-bond donors (Lipinski definition) is 1. The minimum Gasteiger partial charge on any atom is -0.457 e. The summed E-state index contributed by atoms with van der Waals surface area (Å²) in [5, 5.41) is 10.2. The first kappa shape index (κ1) is 13.1. The van der Waals surface area contributed by atoms with E-state index in [1.807, 2.05) is 0 Å². The molecule has 2 rings (SSSR count). The summed E-state index contributed by atoms with van der Waals surface area (Å²) in [6.45, 7) is 6.03. The maximum atomic E-state index is 11.6. The molecule has 2 heterocycles. The Labute approximate surface area is 109 Å². The normalized spacial score (nSPS) is 17.7. The Kier molecular flexibility index (Phi) is 3.79. The van der Waals surface area contributed by atoms with Gasteiger partial charge in [-0.25, -0.2) is 14.3 Å². The van der Waals surface area contributed by atoms with Gasteiger partial charge < -0.3 is 14.8 Å². The lowest BCUT2D eigenvalue weighted by molar-refractivity contribution is 0.0541. The van der Waals surface area contributed by atoms with Crippen LogP contribution >= 0.6 is 0 Å². The summed E-state index contributed by atoms with van der Waals surface area (Å²) in [4.78, 5) is 22.5. The van der Waals surface area contributed by atoms with Crippen molar-refractivity contribution >= 4 is 12.1 Å². The number of esters is 1. The summed E-state index contributed by atoms with van der Waals surface area (Å²) in [7, 11) is 0. The van der Waals surface area contributed by atoms with Gasteiger partial charge in [-0.3, -0.25) is 0 Å². The van der Waals surface area contributed by atoms with Gasteiger partial charge in [0, 0.05) is 0 Å². The van der Waals surface area contributed by atoms with Gasteiger partial charge in [-0.1, -0.05) is 17.9 Å². The number of ether oxygens (including phenoxy) is 2. The molecule has 8 heteroatoms. The topological polar surface area (TPSA) is 95.3 Å². The van der Waals surface area contributed by atoms with Gasteiger partial charge in [0.25, 0.3) is 0 Å². The molecule has 0 saturated carbocycles. The van der Waals surface area contributed by atoms with Gasteiger partial charge in [-0.05, 0) is 6.92 Å². The number of nitrogens with one attached hydrogen (secondary N) is 1. The molecule has 1 amide bonds. The number of rotatable bonds is 5. The molecule has 8 nitrogen and oxygen atoms in total. The number of amides is 1. The van der Waals surface area contributed by atoms with Crippen LogP contribution in [-0.2, 0) is 16.0 Å². The van der Waals surface area contributed by atoms with Crippen LogP contribution in [0.25, 0.3) is 0 Å². The Morgan fingerprint density at radius 2 is 2.53 bits per heavy atom. The fourth-order valence-corrected chi connectivity index (χ4v) is 1.65. The second-order valence-corrected chi connectivity index (χ2v) is 4.00. The minimum absolute atomic E-state index is 0.120. The highest BCUT2D eigenvalue weighted by Gasteiger charge is 2.25. The van der Waals surface area contributed by atoms with Crippen LogP contribution in [0.1, 0.15) is 16.2 Å². The van der Waals surface area contributed by atoms with Crippen molar-refractivity contribution in [2.45, 2.75) is 19.6 Å². The first-order valence-corrected chi connectivity index (χ1v) is 5.74. The van der Waals surface area contributed by atoms with Gasteiger partial charge in [0.2, 0.25) is 0 Å². The van der Waals surface area contributed by atoms with E-state index in [-0.39, 0.29) is 18.4 Å². The lowest BCUT2D eigenvalue weighted by Gasteiger charge is -2.08. The van der Waals surface area contributed by atoms with E-state index < -0.39 is 12.1 Å². The van der Waals surface area contributed by atoms with Crippen molar-refractivity contribution < 1.29 is 19.1 Å². The molecule has 1 aliphatic rings. The zero-order valence-electron chi connectivity index (χ0n) is 10.5. The van der Waals surface area contributed by atoms with Gasteiger partial charge in [-0.15, -0.1) is 5.10 Å². The summed E-state index contributed by atoms with van der Waals surface area (Å²) >= 11 is 0. The second-order valence-electron chi connectivity index (χ2n) is 4.00. The average molecular weight is 266 g/mol. The van der Waals surface area contributed by atoms with Crippen molar-refractivity contribution in [3.63, 3.8) is 0 Å². The number of alkyl carbamates (subject to hydrolysis) is 1. The van der Waals surface area contributed by atoms with Gasteiger partial charge in [0.1, 0.15) is 12.7 Å². The molecule has 1 aromatic heterocycles. The Morgan fingerprint density at radius 3 is 3.16 bits per heavy atom. The van der Waals surface area contributed by atoms with E-state index in [4.69, 9.17) is 9.47 Å². The van der Waals surface area contributed by atoms with E-state index >= 15 is 0 Å². The number of carbonyl (C=O) groups is 2. The molecule has 0 aliphatic carbocycles. The van der Waals surface area contributed by atoms with Crippen molar-refractivity contribution in [1.29, 1.82) is 0 Å². The zero-order valence-corrected chi connectivity index (χ0v) is 10.5. The number of hydrogen-bond acceptors (Lipinski definition) is 6. The highest BCUT2D eigenvalue weighted by molar-refractivity contribution is 5.88. The summed E-state index contributed by atoms with van der Waals surface area (Å²) in [5.41, 5.74) is 0.719. The Bertz CT molecular complexity index is 511. The maximum Gasteiger partial charge on any atom is 0.407 e. The molecule has 1 aromatic rings. The van der Waals surface area contributed by atoms with Crippen molar-refractivity contribution in [1.82, 2.24) is 20.3 Å². The zero-order chi connectivity index (χ0) is 13.8. The van der Waals surface area contributed by atoms with Crippen molar-refractivity contribution in [2.24, 2.45) is 0 Å².